The minimum Gasteiger partial charge on any atom is -0.495 e. The Hall–Kier alpha value is -3.77. The van der Waals surface area contributed by atoms with Gasteiger partial charge in [0.1, 0.15) is 24.6 Å². The van der Waals surface area contributed by atoms with E-state index in [1.807, 2.05) is 24.3 Å². The van der Waals surface area contributed by atoms with Crippen molar-refractivity contribution in [1.29, 1.82) is 0 Å². The summed E-state index contributed by atoms with van der Waals surface area (Å²) in [4.78, 5) is 38.7. The zero-order chi connectivity index (χ0) is 27.2. The van der Waals surface area contributed by atoms with Gasteiger partial charge in [0.05, 0.1) is 24.9 Å². The second-order valence-corrected chi connectivity index (χ2v) is 9.73. The summed E-state index contributed by atoms with van der Waals surface area (Å²) in [6.07, 6.45) is 1.45. The second-order valence-electron chi connectivity index (χ2n) is 8.08. The van der Waals surface area contributed by atoms with E-state index in [4.69, 9.17) is 25.8 Å². The van der Waals surface area contributed by atoms with Crippen LogP contribution in [0.1, 0.15) is 11.1 Å². The molecule has 9 nitrogen and oxygen atoms in total. The zero-order valence-electron chi connectivity index (χ0n) is 20.4. The van der Waals surface area contributed by atoms with Gasteiger partial charge in [-0.25, -0.2) is 9.69 Å². The average Bonchev–Trinajstić information content (AvgIpc) is 3.16. The van der Waals surface area contributed by atoms with Gasteiger partial charge in [0.15, 0.2) is 11.5 Å². The Morgan fingerprint density at radius 3 is 2.47 bits per heavy atom. The van der Waals surface area contributed by atoms with Crippen LogP contribution in [0.5, 0.6) is 17.2 Å². The normalized spacial score (nSPS) is 13.9. The van der Waals surface area contributed by atoms with Crippen LogP contribution in [0.15, 0.2) is 66.4 Å². The van der Waals surface area contributed by atoms with Crippen molar-refractivity contribution >= 4 is 63.8 Å². The lowest BCUT2D eigenvalue weighted by Crippen LogP contribution is -2.38. The van der Waals surface area contributed by atoms with E-state index < -0.39 is 24.4 Å². The number of amides is 4. The number of carbonyl (C=O) groups is 3. The number of urea groups is 1. The zero-order valence-corrected chi connectivity index (χ0v) is 23.3. The number of ether oxygens (including phenoxy) is 3. The van der Waals surface area contributed by atoms with Gasteiger partial charge in [0.25, 0.3) is 5.91 Å². The highest BCUT2D eigenvalue weighted by molar-refractivity contribution is 14.1. The Kier molecular flexibility index (Phi) is 8.74. The van der Waals surface area contributed by atoms with Gasteiger partial charge in [0.2, 0.25) is 5.91 Å². The van der Waals surface area contributed by atoms with E-state index in [9.17, 15) is 14.4 Å². The number of rotatable bonds is 9. The predicted molar refractivity (Wildman–Crippen MR) is 151 cm³/mol. The molecule has 0 aromatic heterocycles. The van der Waals surface area contributed by atoms with E-state index in [0.717, 1.165) is 14.0 Å². The Bertz CT molecular complexity index is 1410. The van der Waals surface area contributed by atoms with Crippen LogP contribution in [-0.2, 0) is 16.2 Å². The lowest BCUT2D eigenvalue weighted by Gasteiger charge is -2.14. The molecule has 4 amide bonds. The molecular weight excluding hydrogens is 625 g/mol. The molecule has 196 valence electrons. The number of benzene rings is 3. The molecule has 11 heteroatoms. The van der Waals surface area contributed by atoms with E-state index >= 15 is 0 Å². The van der Waals surface area contributed by atoms with Crippen molar-refractivity contribution in [2.24, 2.45) is 0 Å². The molecule has 0 aliphatic carbocycles. The van der Waals surface area contributed by atoms with E-state index in [1.54, 1.807) is 36.4 Å². The van der Waals surface area contributed by atoms with Gasteiger partial charge in [-0.2, -0.15) is 0 Å². The van der Waals surface area contributed by atoms with Gasteiger partial charge >= 0.3 is 6.03 Å². The van der Waals surface area contributed by atoms with Crippen LogP contribution in [0.4, 0.5) is 10.5 Å². The fourth-order valence-corrected chi connectivity index (χ4v) is 4.30. The summed E-state index contributed by atoms with van der Waals surface area (Å²) >= 11 is 8.70. The molecule has 3 aromatic carbocycles. The lowest BCUT2D eigenvalue weighted by atomic mass is 10.1. The maximum atomic E-state index is 12.9. The van der Waals surface area contributed by atoms with Crippen molar-refractivity contribution in [3.05, 3.63) is 86.1 Å². The standard InChI is InChI=1S/C27H23ClIN3O6/c1-36-22-6-4-3-5-20(22)30-24(33)14-32-26(34)21(31-27(32)35)12-17-11-19(28)25(23(13-17)37-2)38-15-16-7-9-18(29)10-8-16/h3-13H,14-15H2,1-2H3,(H,30,33)(H,31,35)/b21-12+. The van der Waals surface area contributed by atoms with Crippen molar-refractivity contribution in [2.45, 2.75) is 6.61 Å². The van der Waals surface area contributed by atoms with Crippen LogP contribution < -0.4 is 24.8 Å². The summed E-state index contributed by atoms with van der Waals surface area (Å²) in [7, 11) is 2.95. The third-order valence-corrected chi connectivity index (χ3v) is 6.50. The number of anilines is 1. The fraction of sp³-hybridized carbons (Fsp3) is 0.148. The van der Waals surface area contributed by atoms with Gasteiger partial charge in [-0.3, -0.25) is 9.59 Å². The molecule has 1 aliphatic rings. The number of nitrogens with zero attached hydrogens (tertiary/aromatic N) is 1. The van der Waals surface area contributed by atoms with Gasteiger partial charge in [-0.05, 0) is 76.2 Å². The van der Waals surface area contributed by atoms with Crippen molar-refractivity contribution < 1.29 is 28.6 Å². The van der Waals surface area contributed by atoms with Gasteiger partial charge in [-0.15, -0.1) is 0 Å². The summed E-state index contributed by atoms with van der Waals surface area (Å²) in [5, 5.41) is 5.41. The molecule has 1 heterocycles. The van der Waals surface area contributed by atoms with Crippen molar-refractivity contribution in [1.82, 2.24) is 10.2 Å². The first-order chi connectivity index (χ1) is 18.3. The van der Waals surface area contributed by atoms with Crippen LogP contribution in [0.2, 0.25) is 5.02 Å². The van der Waals surface area contributed by atoms with E-state index in [2.05, 4.69) is 33.2 Å². The molecule has 1 fully saturated rings. The number of hydrogen-bond donors (Lipinski definition) is 2. The summed E-state index contributed by atoms with van der Waals surface area (Å²) in [5.74, 6) is -0.0423. The average molecular weight is 648 g/mol. The van der Waals surface area contributed by atoms with Gasteiger partial charge < -0.3 is 24.8 Å². The number of imide groups is 1. The van der Waals surface area contributed by atoms with Crippen LogP contribution in [-0.4, -0.2) is 43.5 Å². The molecule has 4 rings (SSSR count). The number of nitrogens with one attached hydrogen (secondary N) is 2. The van der Waals surface area contributed by atoms with Crippen LogP contribution in [0, 0.1) is 3.57 Å². The topological polar surface area (TPSA) is 106 Å². The SMILES string of the molecule is COc1ccccc1NC(=O)CN1C(=O)N/C(=C/c2cc(Cl)c(OCc3ccc(I)cc3)c(OC)c2)C1=O. The number of hydrogen-bond acceptors (Lipinski definition) is 6. The lowest BCUT2D eigenvalue weighted by molar-refractivity contribution is -0.127. The van der Waals surface area contributed by atoms with E-state index in [1.165, 1.54) is 20.3 Å². The Morgan fingerprint density at radius 1 is 1.05 bits per heavy atom. The molecule has 0 unspecified atom stereocenters. The number of para-hydroxylation sites is 2. The second kappa shape index (κ2) is 12.2. The molecule has 1 aliphatic heterocycles. The van der Waals surface area contributed by atoms with Gasteiger partial charge in [0, 0.05) is 3.57 Å². The molecule has 0 atom stereocenters. The molecule has 0 spiro atoms. The van der Waals surface area contributed by atoms with Crippen molar-refractivity contribution in [2.75, 3.05) is 26.1 Å². The van der Waals surface area contributed by atoms with Crippen molar-refractivity contribution in [3.63, 3.8) is 0 Å². The largest absolute Gasteiger partial charge is 0.495 e. The Labute approximate surface area is 237 Å². The summed E-state index contributed by atoms with van der Waals surface area (Å²) in [6.45, 7) is -0.191. The number of methoxy groups -OCH3 is 2. The maximum Gasteiger partial charge on any atom is 0.329 e. The molecule has 1 saturated heterocycles. The van der Waals surface area contributed by atoms with Gasteiger partial charge in [-0.1, -0.05) is 35.9 Å². The number of carbonyl (C=O) groups excluding carboxylic acids is 3. The monoisotopic (exact) mass is 647 g/mol. The minimum absolute atomic E-state index is 0.00855. The summed E-state index contributed by atoms with van der Waals surface area (Å²) < 4.78 is 17.7. The molecule has 2 N–H and O–H groups in total. The highest BCUT2D eigenvalue weighted by atomic mass is 127. The number of halogens is 2. The third kappa shape index (κ3) is 6.37. The van der Waals surface area contributed by atoms with Crippen molar-refractivity contribution in [3.8, 4) is 17.2 Å². The molecular formula is C27H23ClIN3O6. The molecule has 0 radical (unpaired) electrons. The van der Waals surface area contributed by atoms with E-state index in [-0.39, 0.29) is 17.3 Å². The molecule has 38 heavy (non-hydrogen) atoms. The molecule has 0 bridgehead atoms. The van der Waals surface area contributed by atoms with Crippen LogP contribution >= 0.6 is 34.2 Å². The highest BCUT2D eigenvalue weighted by Crippen LogP contribution is 2.37. The first kappa shape index (κ1) is 27.3. The van der Waals surface area contributed by atoms with Crippen LogP contribution in [0.3, 0.4) is 0 Å². The smallest absolute Gasteiger partial charge is 0.329 e. The Balaban J connectivity index is 1.47. The van der Waals surface area contributed by atoms with Crippen LogP contribution in [0.25, 0.3) is 6.08 Å². The summed E-state index contributed by atoms with van der Waals surface area (Å²) in [6, 6.07) is 17.2. The quantitative estimate of drug-likeness (QED) is 0.191. The maximum absolute atomic E-state index is 12.9. The first-order valence-electron chi connectivity index (χ1n) is 11.3. The fourth-order valence-electron chi connectivity index (χ4n) is 3.66. The Morgan fingerprint density at radius 2 is 1.76 bits per heavy atom. The highest BCUT2D eigenvalue weighted by Gasteiger charge is 2.35. The van der Waals surface area contributed by atoms with E-state index in [0.29, 0.717) is 28.5 Å². The predicted octanol–water partition coefficient (Wildman–Crippen LogP) is 5.07. The molecule has 0 saturated carbocycles. The molecule has 3 aromatic rings. The first-order valence-corrected chi connectivity index (χ1v) is 12.8. The third-order valence-electron chi connectivity index (χ3n) is 5.50. The summed E-state index contributed by atoms with van der Waals surface area (Å²) in [5.41, 5.74) is 1.88. The minimum atomic E-state index is -0.716.